The third-order valence-electron chi connectivity index (χ3n) is 5.24. The van der Waals surface area contributed by atoms with E-state index in [9.17, 15) is 9.00 Å². The Kier molecular flexibility index (Phi) is 5.86. The number of aromatic nitrogens is 1. The maximum absolute atomic E-state index is 12.7. The van der Waals surface area contributed by atoms with Crippen LogP contribution >= 0.6 is 0 Å². The van der Waals surface area contributed by atoms with E-state index in [1.165, 1.54) is 6.26 Å². The molecule has 4 rings (SSSR count). The number of benzene rings is 3. The zero-order chi connectivity index (χ0) is 21.1. The van der Waals surface area contributed by atoms with Crippen LogP contribution in [0.1, 0.15) is 22.5 Å². The third-order valence-corrected chi connectivity index (χ3v) is 5.71. The zero-order valence-electron chi connectivity index (χ0n) is 17.1. The van der Waals surface area contributed by atoms with Crippen LogP contribution in [-0.2, 0) is 24.5 Å². The van der Waals surface area contributed by atoms with Crippen molar-refractivity contribution in [1.29, 1.82) is 0 Å². The normalized spacial score (nSPS) is 12.2. The molecule has 0 spiro atoms. The van der Waals surface area contributed by atoms with Crippen LogP contribution in [0.4, 0.5) is 0 Å². The molecule has 1 amide bonds. The molecule has 30 heavy (non-hydrogen) atoms. The van der Waals surface area contributed by atoms with Gasteiger partial charge in [-0.05, 0) is 35.9 Å². The summed E-state index contributed by atoms with van der Waals surface area (Å²) in [6.45, 7) is 0.540. The first kappa shape index (κ1) is 20.2. The van der Waals surface area contributed by atoms with E-state index in [0.717, 1.165) is 39.4 Å². The first-order valence-electron chi connectivity index (χ1n) is 9.87. The number of ether oxygens (including phenoxy) is 1. The van der Waals surface area contributed by atoms with Gasteiger partial charge in [-0.1, -0.05) is 54.6 Å². The van der Waals surface area contributed by atoms with E-state index in [1.807, 2.05) is 60.1 Å². The molecule has 3 aromatic carbocycles. The summed E-state index contributed by atoms with van der Waals surface area (Å²) in [4.78, 5) is 12.7. The Hall–Kier alpha value is -3.12. The molecule has 4 aromatic rings. The maximum Gasteiger partial charge on any atom is 0.279 e. The number of nitrogens with one attached hydrogen (secondary N) is 1. The first-order chi connectivity index (χ1) is 14.6. The molecule has 0 saturated heterocycles. The van der Waals surface area contributed by atoms with Gasteiger partial charge < -0.3 is 9.30 Å². The molecule has 0 bridgehead atoms. The molecule has 1 N–H and O–H groups in total. The summed E-state index contributed by atoms with van der Waals surface area (Å²) in [5, 5.41) is 3.28. The highest BCUT2D eigenvalue weighted by Gasteiger charge is 2.21. The third kappa shape index (κ3) is 3.96. The first-order valence-corrected chi connectivity index (χ1v) is 11.4. The molecule has 0 aliphatic carbocycles. The number of hydrogen-bond acceptors (Lipinski definition) is 3. The number of nitrogens with zero attached hydrogens (tertiary/aromatic N) is 1. The Labute approximate surface area is 178 Å². The van der Waals surface area contributed by atoms with E-state index in [2.05, 4.69) is 22.9 Å². The second-order valence-corrected chi connectivity index (χ2v) is 8.33. The van der Waals surface area contributed by atoms with Crippen molar-refractivity contribution in [3.63, 3.8) is 0 Å². The lowest BCUT2D eigenvalue weighted by molar-refractivity contribution is 0.0974. The highest BCUT2D eigenvalue weighted by Crippen LogP contribution is 2.28. The second kappa shape index (κ2) is 8.71. The van der Waals surface area contributed by atoms with Crippen LogP contribution in [-0.4, -0.2) is 27.5 Å². The van der Waals surface area contributed by atoms with Crippen molar-refractivity contribution in [1.82, 2.24) is 9.29 Å². The highest BCUT2D eigenvalue weighted by molar-refractivity contribution is 7.82. The van der Waals surface area contributed by atoms with Gasteiger partial charge in [0.1, 0.15) is 22.4 Å². The van der Waals surface area contributed by atoms with Gasteiger partial charge in [0, 0.05) is 29.6 Å². The van der Waals surface area contributed by atoms with E-state index >= 15 is 0 Å². The van der Waals surface area contributed by atoms with Crippen molar-refractivity contribution in [3.8, 4) is 5.75 Å². The lowest BCUT2D eigenvalue weighted by Crippen LogP contribution is -2.27. The van der Waals surface area contributed by atoms with Crippen LogP contribution in [0.5, 0.6) is 5.75 Å². The van der Waals surface area contributed by atoms with Crippen LogP contribution in [0.2, 0.25) is 0 Å². The average Bonchev–Trinajstić information content (AvgIpc) is 3.03. The molecule has 0 radical (unpaired) electrons. The standard InChI is InChI=1S/C24H24N2O3S/c1-26-21-14-6-5-12-19(21)20(23(26)24(27)25-30(2)28)13-8-16-29-22-15-7-10-17-9-3-4-11-18(17)22/h3-7,9-12,14-15H,8,13,16H2,1-2H3,(H,25,27). The van der Waals surface area contributed by atoms with E-state index in [-0.39, 0.29) is 5.91 Å². The number of para-hydroxylation sites is 1. The van der Waals surface area contributed by atoms with Crippen molar-refractivity contribution in [2.24, 2.45) is 7.05 Å². The molecule has 1 atom stereocenters. The van der Waals surface area contributed by atoms with E-state index in [4.69, 9.17) is 4.74 Å². The van der Waals surface area contributed by atoms with Crippen LogP contribution < -0.4 is 9.46 Å². The van der Waals surface area contributed by atoms with E-state index in [0.29, 0.717) is 18.7 Å². The minimum Gasteiger partial charge on any atom is -0.493 e. The van der Waals surface area contributed by atoms with E-state index in [1.54, 1.807) is 0 Å². The molecule has 6 heteroatoms. The number of amides is 1. The summed E-state index contributed by atoms with van der Waals surface area (Å²) in [6, 6.07) is 22.1. The Morgan fingerprint density at radius 1 is 1.00 bits per heavy atom. The lowest BCUT2D eigenvalue weighted by atomic mass is 10.1. The molecule has 1 aromatic heterocycles. The van der Waals surface area contributed by atoms with Gasteiger partial charge in [-0.25, -0.2) is 4.21 Å². The molecule has 0 aliphatic heterocycles. The summed E-state index contributed by atoms with van der Waals surface area (Å²) in [5.74, 6) is 0.546. The van der Waals surface area contributed by atoms with Gasteiger partial charge in [0.2, 0.25) is 0 Å². The quantitative estimate of drug-likeness (QED) is 0.452. The van der Waals surface area contributed by atoms with Gasteiger partial charge >= 0.3 is 0 Å². The van der Waals surface area contributed by atoms with Gasteiger partial charge in [-0.15, -0.1) is 0 Å². The predicted octanol–water partition coefficient (Wildman–Crippen LogP) is 4.37. The molecule has 0 saturated carbocycles. The van der Waals surface area contributed by atoms with Crippen LogP contribution in [0.3, 0.4) is 0 Å². The number of carbonyl (C=O) groups is 1. The van der Waals surface area contributed by atoms with E-state index < -0.39 is 11.0 Å². The number of carbonyl (C=O) groups excluding carboxylic acids is 1. The van der Waals surface area contributed by atoms with Crippen molar-refractivity contribution in [3.05, 3.63) is 78.0 Å². The van der Waals surface area contributed by atoms with Crippen molar-refractivity contribution < 1.29 is 13.7 Å². The smallest absolute Gasteiger partial charge is 0.279 e. The predicted molar refractivity (Wildman–Crippen MR) is 122 cm³/mol. The van der Waals surface area contributed by atoms with Crippen molar-refractivity contribution in [2.45, 2.75) is 12.8 Å². The minimum atomic E-state index is -1.42. The molecule has 0 fully saturated rings. The fraction of sp³-hybridized carbons (Fsp3) is 0.208. The second-order valence-electron chi connectivity index (χ2n) is 7.22. The number of hydrogen-bond donors (Lipinski definition) is 1. The van der Waals surface area contributed by atoms with Gasteiger partial charge in [0.15, 0.2) is 0 Å². The zero-order valence-corrected chi connectivity index (χ0v) is 17.9. The molecule has 5 nitrogen and oxygen atoms in total. The largest absolute Gasteiger partial charge is 0.493 e. The molecule has 154 valence electrons. The monoisotopic (exact) mass is 420 g/mol. The maximum atomic E-state index is 12.7. The number of aryl methyl sites for hydroxylation is 2. The Bertz CT molecular complexity index is 1240. The van der Waals surface area contributed by atoms with Crippen LogP contribution in [0, 0.1) is 0 Å². The summed E-state index contributed by atoms with van der Waals surface area (Å²) in [5.41, 5.74) is 2.49. The van der Waals surface area contributed by atoms with Gasteiger partial charge in [-0.3, -0.25) is 9.52 Å². The number of fused-ring (bicyclic) bond motifs is 2. The summed E-state index contributed by atoms with van der Waals surface area (Å²) < 4.78 is 22.0. The fourth-order valence-electron chi connectivity index (χ4n) is 3.95. The van der Waals surface area contributed by atoms with Gasteiger partial charge in [-0.2, -0.15) is 0 Å². The lowest BCUT2D eigenvalue weighted by Gasteiger charge is -2.10. The Balaban J connectivity index is 1.55. The van der Waals surface area contributed by atoms with Gasteiger partial charge in [0.05, 0.1) is 6.61 Å². The molecule has 1 unspecified atom stereocenters. The molecular weight excluding hydrogens is 396 g/mol. The van der Waals surface area contributed by atoms with Crippen LogP contribution in [0.25, 0.3) is 21.7 Å². The summed E-state index contributed by atoms with van der Waals surface area (Å²) in [7, 11) is 0.449. The molecule has 0 aliphatic rings. The van der Waals surface area contributed by atoms with Crippen LogP contribution in [0.15, 0.2) is 66.7 Å². The van der Waals surface area contributed by atoms with Gasteiger partial charge in [0.25, 0.3) is 5.91 Å². The Morgan fingerprint density at radius 2 is 1.70 bits per heavy atom. The molecular formula is C24H24N2O3S. The Morgan fingerprint density at radius 3 is 2.50 bits per heavy atom. The van der Waals surface area contributed by atoms with Crippen molar-refractivity contribution >= 4 is 38.6 Å². The average molecular weight is 421 g/mol. The minimum absolute atomic E-state index is 0.320. The summed E-state index contributed by atoms with van der Waals surface area (Å²) >= 11 is 0. The topological polar surface area (TPSA) is 60.3 Å². The number of rotatable bonds is 7. The highest BCUT2D eigenvalue weighted by atomic mass is 32.2. The molecule has 1 heterocycles. The summed E-state index contributed by atoms with van der Waals surface area (Å²) in [6.07, 6.45) is 2.90. The fourth-order valence-corrected chi connectivity index (χ4v) is 4.30. The SMILES string of the molecule is Cn1c(C(=O)NS(C)=O)c(CCCOc2cccc3ccccc23)c2ccccc21. The van der Waals surface area contributed by atoms with Crippen molar-refractivity contribution in [2.75, 3.05) is 12.9 Å².